The number of carbonyl (C=O) groups excluding carboxylic acids is 1. The van der Waals surface area contributed by atoms with Crippen molar-refractivity contribution in [2.24, 2.45) is 0 Å². The molecule has 0 saturated carbocycles. The highest BCUT2D eigenvalue weighted by Crippen LogP contribution is 2.33. The molecule has 0 bridgehead atoms. The molecule has 2 nitrogen and oxygen atoms in total. The second-order valence-electron chi connectivity index (χ2n) is 3.14. The van der Waals surface area contributed by atoms with Crippen LogP contribution in [0.5, 0.6) is 0 Å². The molecule has 0 atom stereocenters. The molecule has 0 radical (unpaired) electrons. The number of carbonyl (C=O) groups is 1. The smallest absolute Gasteiger partial charge is 0.306 e. The standard InChI is InChI=1S/C10H14O2/c1-3-6-10(7-4-2)8-5-9(11)12-10/h3-4H,1-2,5-8H2. The largest absolute Gasteiger partial charge is 0.458 e. The Morgan fingerprint density at radius 2 is 2.00 bits per heavy atom. The van der Waals surface area contributed by atoms with E-state index in [0.717, 1.165) is 19.3 Å². The van der Waals surface area contributed by atoms with Gasteiger partial charge in [0.1, 0.15) is 5.60 Å². The second-order valence-corrected chi connectivity index (χ2v) is 3.14. The van der Waals surface area contributed by atoms with Gasteiger partial charge in [0, 0.05) is 19.3 Å². The molecule has 1 rings (SSSR count). The van der Waals surface area contributed by atoms with E-state index in [4.69, 9.17) is 4.74 Å². The van der Waals surface area contributed by atoms with Crippen molar-refractivity contribution in [2.45, 2.75) is 31.3 Å². The number of rotatable bonds is 4. The molecule has 1 saturated heterocycles. The molecule has 1 heterocycles. The Morgan fingerprint density at radius 3 is 2.33 bits per heavy atom. The molecule has 0 unspecified atom stereocenters. The summed E-state index contributed by atoms with van der Waals surface area (Å²) in [5.74, 6) is -0.0984. The molecular formula is C10H14O2. The van der Waals surface area contributed by atoms with Gasteiger partial charge in [-0.2, -0.15) is 0 Å². The quantitative estimate of drug-likeness (QED) is 0.473. The lowest BCUT2D eigenvalue weighted by Crippen LogP contribution is -2.26. The molecule has 0 aromatic carbocycles. The van der Waals surface area contributed by atoms with Gasteiger partial charge in [-0.25, -0.2) is 0 Å². The van der Waals surface area contributed by atoms with Crippen LogP contribution in [-0.4, -0.2) is 11.6 Å². The van der Waals surface area contributed by atoms with Crippen molar-refractivity contribution in [3.05, 3.63) is 25.3 Å². The minimum atomic E-state index is -0.319. The summed E-state index contributed by atoms with van der Waals surface area (Å²) < 4.78 is 5.25. The van der Waals surface area contributed by atoms with Crippen LogP contribution >= 0.6 is 0 Å². The van der Waals surface area contributed by atoms with E-state index >= 15 is 0 Å². The van der Waals surface area contributed by atoms with E-state index < -0.39 is 0 Å². The summed E-state index contributed by atoms with van der Waals surface area (Å²) in [5, 5.41) is 0. The van der Waals surface area contributed by atoms with Gasteiger partial charge in [-0.3, -0.25) is 4.79 Å². The normalized spacial score (nSPS) is 20.2. The maximum atomic E-state index is 10.9. The maximum absolute atomic E-state index is 10.9. The molecule has 1 aliphatic heterocycles. The van der Waals surface area contributed by atoms with Crippen LogP contribution in [0.3, 0.4) is 0 Å². The van der Waals surface area contributed by atoms with E-state index in [1.807, 2.05) is 0 Å². The van der Waals surface area contributed by atoms with Gasteiger partial charge < -0.3 is 4.74 Å². The van der Waals surface area contributed by atoms with Crippen LogP contribution in [0, 0.1) is 0 Å². The summed E-state index contributed by atoms with van der Waals surface area (Å²) in [5.41, 5.74) is -0.319. The van der Waals surface area contributed by atoms with Gasteiger partial charge in [0.05, 0.1) is 0 Å². The predicted molar refractivity (Wildman–Crippen MR) is 47.7 cm³/mol. The predicted octanol–water partition coefficient (Wildman–Crippen LogP) is 2.21. The highest BCUT2D eigenvalue weighted by molar-refractivity contribution is 5.72. The third kappa shape index (κ3) is 1.76. The van der Waals surface area contributed by atoms with E-state index in [0.29, 0.717) is 6.42 Å². The number of ether oxygens (including phenoxy) is 1. The molecule has 1 fully saturated rings. The Bertz CT molecular complexity index is 196. The first-order valence-corrected chi connectivity index (χ1v) is 4.16. The molecule has 0 amide bonds. The summed E-state index contributed by atoms with van der Waals surface area (Å²) in [6.45, 7) is 7.30. The van der Waals surface area contributed by atoms with Crippen LogP contribution in [0.4, 0.5) is 0 Å². The van der Waals surface area contributed by atoms with Crippen molar-refractivity contribution in [3.8, 4) is 0 Å². The minimum absolute atomic E-state index is 0.0984. The second kappa shape index (κ2) is 3.57. The third-order valence-electron chi connectivity index (χ3n) is 2.15. The Labute approximate surface area is 72.9 Å². The van der Waals surface area contributed by atoms with Gasteiger partial charge >= 0.3 is 5.97 Å². The fourth-order valence-corrected chi connectivity index (χ4v) is 1.57. The van der Waals surface area contributed by atoms with Gasteiger partial charge in [-0.05, 0) is 6.42 Å². The zero-order valence-corrected chi connectivity index (χ0v) is 7.21. The van der Waals surface area contributed by atoms with E-state index in [-0.39, 0.29) is 11.6 Å². The summed E-state index contributed by atoms with van der Waals surface area (Å²) >= 11 is 0. The van der Waals surface area contributed by atoms with E-state index in [1.165, 1.54) is 0 Å². The Balaban J connectivity index is 2.65. The van der Waals surface area contributed by atoms with Crippen LogP contribution in [0.25, 0.3) is 0 Å². The van der Waals surface area contributed by atoms with Crippen molar-refractivity contribution in [1.82, 2.24) is 0 Å². The SMILES string of the molecule is C=CCC1(CC=C)CCC(=O)O1. The van der Waals surface area contributed by atoms with Crippen LogP contribution in [0.2, 0.25) is 0 Å². The molecule has 0 N–H and O–H groups in total. The molecule has 0 aliphatic carbocycles. The zero-order chi connectivity index (χ0) is 9.03. The van der Waals surface area contributed by atoms with Crippen molar-refractivity contribution in [2.75, 3.05) is 0 Å². The van der Waals surface area contributed by atoms with Gasteiger partial charge in [-0.1, -0.05) is 12.2 Å². The Morgan fingerprint density at radius 1 is 1.42 bits per heavy atom. The van der Waals surface area contributed by atoms with Crippen LogP contribution in [-0.2, 0) is 9.53 Å². The molecule has 0 aromatic rings. The van der Waals surface area contributed by atoms with Crippen molar-refractivity contribution in [3.63, 3.8) is 0 Å². The van der Waals surface area contributed by atoms with Crippen molar-refractivity contribution >= 4 is 5.97 Å². The fraction of sp³-hybridized carbons (Fsp3) is 0.500. The molecular weight excluding hydrogens is 152 g/mol. The Kier molecular flexibility index (Phi) is 2.69. The number of hydrogen-bond acceptors (Lipinski definition) is 2. The third-order valence-corrected chi connectivity index (χ3v) is 2.15. The highest BCUT2D eigenvalue weighted by atomic mass is 16.6. The summed E-state index contributed by atoms with van der Waals surface area (Å²) in [7, 11) is 0. The van der Waals surface area contributed by atoms with E-state index in [9.17, 15) is 4.79 Å². The molecule has 0 aromatic heterocycles. The highest BCUT2D eigenvalue weighted by Gasteiger charge is 2.37. The first-order chi connectivity index (χ1) is 5.72. The van der Waals surface area contributed by atoms with E-state index in [1.54, 1.807) is 12.2 Å². The number of esters is 1. The molecule has 2 heteroatoms. The lowest BCUT2D eigenvalue weighted by atomic mass is 9.92. The van der Waals surface area contributed by atoms with Crippen molar-refractivity contribution < 1.29 is 9.53 Å². The van der Waals surface area contributed by atoms with Crippen LogP contribution in [0.15, 0.2) is 25.3 Å². The monoisotopic (exact) mass is 166 g/mol. The topological polar surface area (TPSA) is 26.3 Å². The van der Waals surface area contributed by atoms with Crippen LogP contribution in [0.1, 0.15) is 25.7 Å². The summed E-state index contributed by atoms with van der Waals surface area (Å²) in [4.78, 5) is 10.9. The molecule has 66 valence electrons. The molecule has 12 heavy (non-hydrogen) atoms. The summed E-state index contributed by atoms with van der Waals surface area (Å²) in [6, 6.07) is 0. The number of hydrogen-bond donors (Lipinski definition) is 0. The van der Waals surface area contributed by atoms with Gasteiger partial charge in [0.25, 0.3) is 0 Å². The molecule has 0 spiro atoms. The van der Waals surface area contributed by atoms with Crippen LogP contribution < -0.4 is 0 Å². The lowest BCUT2D eigenvalue weighted by molar-refractivity contribution is -0.147. The van der Waals surface area contributed by atoms with Gasteiger partial charge in [0.15, 0.2) is 0 Å². The first kappa shape index (κ1) is 9.04. The molecule has 1 aliphatic rings. The lowest BCUT2D eigenvalue weighted by Gasteiger charge is -2.24. The van der Waals surface area contributed by atoms with Gasteiger partial charge in [0.2, 0.25) is 0 Å². The maximum Gasteiger partial charge on any atom is 0.306 e. The minimum Gasteiger partial charge on any atom is -0.458 e. The average Bonchev–Trinajstić information content (AvgIpc) is 2.34. The van der Waals surface area contributed by atoms with Crippen molar-refractivity contribution in [1.29, 1.82) is 0 Å². The average molecular weight is 166 g/mol. The summed E-state index contributed by atoms with van der Waals surface area (Å²) in [6.07, 6.45) is 6.37. The fourth-order valence-electron chi connectivity index (χ4n) is 1.57. The first-order valence-electron chi connectivity index (χ1n) is 4.16. The van der Waals surface area contributed by atoms with Gasteiger partial charge in [-0.15, -0.1) is 13.2 Å². The van der Waals surface area contributed by atoms with E-state index in [2.05, 4.69) is 13.2 Å². The Hall–Kier alpha value is -1.05. The zero-order valence-electron chi connectivity index (χ0n) is 7.21. The number of cyclic esters (lactones) is 1.